The van der Waals surface area contributed by atoms with Gasteiger partial charge in [0.05, 0.1) is 40.2 Å². The normalized spacial score (nSPS) is 15.6. The summed E-state index contributed by atoms with van der Waals surface area (Å²) in [6.07, 6.45) is 1.14. The highest BCUT2D eigenvalue weighted by Crippen LogP contribution is 2.44. The standard InChI is InChI=1S/C28H26ClN3O5S2/c1-37-22-13-8-12-19(25(22)29)24-26(33)31(15-20(30)17-9-4-3-5-10-17)28(34)32-21(16-38-27(24)32)18-11-6-7-14-23(18)39(2,35)36/h3-14,20-21H,15-16,30H2,1-2H3. The van der Waals surface area contributed by atoms with Crippen LogP contribution in [-0.4, -0.2) is 36.7 Å². The van der Waals surface area contributed by atoms with Crippen LogP contribution in [0.4, 0.5) is 0 Å². The summed E-state index contributed by atoms with van der Waals surface area (Å²) in [5, 5.41) is 0.649. The maximum Gasteiger partial charge on any atom is 0.332 e. The minimum atomic E-state index is -3.59. The molecule has 0 fully saturated rings. The molecule has 1 aliphatic rings. The molecule has 5 rings (SSSR count). The molecule has 2 atom stereocenters. The lowest BCUT2D eigenvalue weighted by Gasteiger charge is -2.21. The summed E-state index contributed by atoms with van der Waals surface area (Å²) >= 11 is 7.99. The number of fused-ring (bicyclic) bond motifs is 1. The summed E-state index contributed by atoms with van der Waals surface area (Å²) in [7, 11) is -2.11. The molecule has 2 N–H and O–H groups in total. The maximum atomic E-state index is 14.0. The number of sulfone groups is 1. The average molecular weight is 584 g/mol. The number of hydrogen-bond acceptors (Lipinski definition) is 7. The molecule has 202 valence electrons. The van der Waals surface area contributed by atoms with Crippen molar-refractivity contribution in [3.63, 3.8) is 0 Å². The first-order valence-electron chi connectivity index (χ1n) is 12.1. The Labute approximate surface area is 234 Å². The Balaban J connectivity index is 1.79. The molecule has 1 aromatic heterocycles. The van der Waals surface area contributed by atoms with Gasteiger partial charge in [0.1, 0.15) is 5.75 Å². The zero-order valence-corrected chi connectivity index (χ0v) is 23.6. The van der Waals surface area contributed by atoms with E-state index in [9.17, 15) is 18.0 Å². The Morgan fingerprint density at radius 2 is 1.74 bits per heavy atom. The van der Waals surface area contributed by atoms with Crippen molar-refractivity contribution in [2.24, 2.45) is 5.73 Å². The van der Waals surface area contributed by atoms with Crippen molar-refractivity contribution in [1.82, 2.24) is 9.13 Å². The molecule has 3 aromatic carbocycles. The Morgan fingerprint density at radius 3 is 2.44 bits per heavy atom. The zero-order valence-electron chi connectivity index (χ0n) is 21.2. The predicted octanol–water partition coefficient (Wildman–Crippen LogP) is 4.14. The molecular formula is C28H26ClN3O5S2. The van der Waals surface area contributed by atoms with Gasteiger partial charge in [-0.25, -0.2) is 13.2 Å². The van der Waals surface area contributed by atoms with Crippen LogP contribution < -0.4 is 21.7 Å². The topological polar surface area (TPSA) is 113 Å². The van der Waals surface area contributed by atoms with E-state index in [1.54, 1.807) is 36.4 Å². The first kappa shape index (κ1) is 27.3. The molecule has 2 heterocycles. The smallest absolute Gasteiger partial charge is 0.332 e. The van der Waals surface area contributed by atoms with Crippen molar-refractivity contribution in [1.29, 1.82) is 0 Å². The van der Waals surface area contributed by atoms with Gasteiger partial charge < -0.3 is 10.5 Å². The Morgan fingerprint density at radius 1 is 1.05 bits per heavy atom. The highest BCUT2D eigenvalue weighted by molar-refractivity contribution is 7.99. The van der Waals surface area contributed by atoms with Gasteiger partial charge in [-0.05, 0) is 23.3 Å². The molecular weight excluding hydrogens is 558 g/mol. The van der Waals surface area contributed by atoms with Gasteiger partial charge in [0.15, 0.2) is 9.84 Å². The lowest BCUT2D eigenvalue weighted by molar-refractivity contribution is 0.415. The fourth-order valence-electron chi connectivity index (χ4n) is 4.88. The number of thioether (sulfide) groups is 1. The molecule has 2 unspecified atom stereocenters. The summed E-state index contributed by atoms with van der Waals surface area (Å²) in [4.78, 5) is 28.2. The number of rotatable bonds is 7. The van der Waals surface area contributed by atoms with Crippen molar-refractivity contribution in [2.75, 3.05) is 19.1 Å². The highest BCUT2D eigenvalue weighted by Gasteiger charge is 2.35. The van der Waals surface area contributed by atoms with Gasteiger partial charge in [-0.3, -0.25) is 13.9 Å². The zero-order chi connectivity index (χ0) is 27.9. The molecule has 0 radical (unpaired) electrons. The van der Waals surface area contributed by atoms with Crippen molar-refractivity contribution in [3.8, 4) is 16.9 Å². The van der Waals surface area contributed by atoms with Crippen LogP contribution in [0.25, 0.3) is 11.1 Å². The van der Waals surface area contributed by atoms with Crippen LogP contribution in [0.15, 0.2) is 92.3 Å². The van der Waals surface area contributed by atoms with Crippen LogP contribution in [0.5, 0.6) is 5.75 Å². The van der Waals surface area contributed by atoms with E-state index in [0.717, 1.165) is 16.4 Å². The molecule has 4 aromatic rings. The van der Waals surface area contributed by atoms with E-state index in [2.05, 4.69) is 0 Å². The second-order valence-electron chi connectivity index (χ2n) is 9.22. The van der Waals surface area contributed by atoms with Gasteiger partial charge in [0.2, 0.25) is 0 Å². The largest absolute Gasteiger partial charge is 0.495 e. The molecule has 0 saturated heterocycles. The second-order valence-corrected chi connectivity index (χ2v) is 12.6. The number of ether oxygens (including phenoxy) is 1. The van der Waals surface area contributed by atoms with Crippen LogP contribution in [0.2, 0.25) is 5.02 Å². The fourth-order valence-corrected chi connectivity index (χ4v) is 7.46. The second kappa shape index (κ2) is 10.7. The van der Waals surface area contributed by atoms with Crippen molar-refractivity contribution >= 4 is 33.2 Å². The summed E-state index contributed by atoms with van der Waals surface area (Å²) in [5.74, 6) is 0.734. The molecule has 0 amide bonds. The van der Waals surface area contributed by atoms with Crippen LogP contribution >= 0.6 is 23.4 Å². The molecule has 8 nitrogen and oxygen atoms in total. The summed E-state index contributed by atoms with van der Waals surface area (Å²) < 4.78 is 33.3. The van der Waals surface area contributed by atoms with Gasteiger partial charge in [-0.2, -0.15) is 0 Å². The number of nitrogens with two attached hydrogens (primary N) is 1. The highest BCUT2D eigenvalue weighted by atomic mass is 35.5. The molecule has 0 spiro atoms. The molecule has 0 saturated carbocycles. The number of methoxy groups -OCH3 is 1. The van der Waals surface area contributed by atoms with Gasteiger partial charge in [0, 0.05) is 23.6 Å². The minimum Gasteiger partial charge on any atom is -0.495 e. The predicted molar refractivity (Wildman–Crippen MR) is 154 cm³/mol. The van der Waals surface area contributed by atoms with E-state index < -0.39 is 33.2 Å². The molecule has 1 aliphatic heterocycles. The fraction of sp³-hybridized carbons (Fsp3) is 0.214. The molecule has 11 heteroatoms. The van der Waals surface area contributed by atoms with E-state index in [1.165, 1.54) is 29.5 Å². The van der Waals surface area contributed by atoms with Crippen molar-refractivity contribution < 1.29 is 13.2 Å². The number of hydrogen-bond donors (Lipinski definition) is 1. The quantitative estimate of drug-likeness (QED) is 0.325. The van der Waals surface area contributed by atoms with E-state index in [4.69, 9.17) is 22.1 Å². The van der Waals surface area contributed by atoms with Gasteiger partial charge in [-0.15, -0.1) is 11.8 Å². The summed E-state index contributed by atoms with van der Waals surface area (Å²) in [5.41, 5.74) is 7.27. The molecule has 0 aliphatic carbocycles. The van der Waals surface area contributed by atoms with Crippen LogP contribution in [0.3, 0.4) is 0 Å². The Hall–Kier alpha value is -3.31. The number of benzene rings is 3. The van der Waals surface area contributed by atoms with Crippen molar-refractivity contribution in [2.45, 2.75) is 28.5 Å². The molecule has 0 bridgehead atoms. The number of aromatic nitrogens is 2. The minimum absolute atomic E-state index is 0.0817. The Kier molecular flexibility index (Phi) is 7.47. The van der Waals surface area contributed by atoms with Gasteiger partial charge in [0.25, 0.3) is 5.56 Å². The van der Waals surface area contributed by atoms with Crippen LogP contribution in [-0.2, 0) is 16.4 Å². The van der Waals surface area contributed by atoms with Crippen molar-refractivity contribution in [3.05, 3.63) is 110 Å². The average Bonchev–Trinajstić information content (AvgIpc) is 3.37. The van der Waals surface area contributed by atoms with E-state index in [-0.39, 0.29) is 22.0 Å². The lowest BCUT2D eigenvalue weighted by Crippen LogP contribution is -2.44. The number of nitrogens with zero attached hydrogens (tertiary/aromatic N) is 2. The third kappa shape index (κ3) is 4.93. The van der Waals surface area contributed by atoms with Crippen LogP contribution in [0, 0.1) is 0 Å². The third-order valence-electron chi connectivity index (χ3n) is 6.76. The monoisotopic (exact) mass is 583 g/mol. The first-order valence-corrected chi connectivity index (χ1v) is 15.3. The van der Waals surface area contributed by atoms with E-state index in [0.29, 0.717) is 27.7 Å². The SMILES string of the molecule is COc1cccc(-c2c3n(c(=O)n(CC(N)c4ccccc4)c2=O)C(c2ccccc2S(C)(=O)=O)CS3)c1Cl. The first-order chi connectivity index (χ1) is 18.6. The Bertz CT molecular complexity index is 1790. The lowest BCUT2D eigenvalue weighted by atomic mass is 10.1. The number of halogens is 1. The van der Waals surface area contributed by atoms with Gasteiger partial charge in [-0.1, -0.05) is 72.3 Å². The molecule has 39 heavy (non-hydrogen) atoms. The maximum absolute atomic E-state index is 14.0. The third-order valence-corrected chi connectivity index (χ3v) is 9.47. The van der Waals surface area contributed by atoms with Gasteiger partial charge >= 0.3 is 5.69 Å². The van der Waals surface area contributed by atoms with E-state index in [1.807, 2.05) is 30.3 Å². The van der Waals surface area contributed by atoms with E-state index >= 15 is 0 Å². The summed E-state index contributed by atoms with van der Waals surface area (Å²) in [6, 6.07) is 19.6. The summed E-state index contributed by atoms with van der Waals surface area (Å²) in [6.45, 7) is -0.0817. The van der Waals surface area contributed by atoms with Crippen LogP contribution in [0.1, 0.15) is 23.2 Å².